The van der Waals surface area contributed by atoms with Crippen LogP contribution in [-0.2, 0) is 0 Å². The monoisotopic (exact) mass is 292 g/mol. The first-order valence-corrected chi connectivity index (χ1v) is 7.00. The Morgan fingerprint density at radius 3 is 2.18 bits per heavy atom. The second-order valence-corrected chi connectivity index (χ2v) is 6.99. The lowest BCUT2D eigenvalue weighted by Crippen LogP contribution is -2.18. The van der Waals surface area contributed by atoms with Gasteiger partial charge in [0.2, 0.25) is 0 Å². The summed E-state index contributed by atoms with van der Waals surface area (Å²) in [6.07, 6.45) is 0.934. The van der Waals surface area contributed by atoms with Gasteiger partial charge < -0.3 is 0 Å². The molecule has 3 heteroatoms. The van der Waals surface area contributed by atoms with Crippen molar-refractivity contribution >= 4 is 34.8 Å². The maximum atomic E-state index is 6.43. The minimum absolute atomic E-state index is 0.0148. The number of hydrogen-bond donors (Lipinski definition) is 0. The highest BCUT2D eigenvalue weighted by molar-refractivity contribution is 6.42. The van der Waals surface area contributed by atoms with E-state index < -0.39 is 0 Å². The molecule has 1 rings (SSSR count). The molecule has 2 atom stereocenters. The van der Waals surface area contributed by atoms with Gasteiger partial charge in [0.05, 0.1) is 15.4 Å². The van der Waals surface area contributed by atoms with Crippen molar-refractivity contribution in [3.63, 3.8) is 0 Å². The van der Waals surface area contributed by atoms with Crippen molar-refractivity contribution in [2.24, 2.45) is 11.3 Å². The van der Waals surface area contributed by atoms with E-state index in [2.05, 4.69) is 27.7 Å². The summed E-state index contributed by atoms with van der Waals surface area (Å²) in [6, 6.07) is 5.61. The molecule has 0 N–H and O–H groups in total. The largest absolute Gasteiger partial charge is 0.118 e. The van der Waals surface area contributed by atoms with Gasteiger partial charge in [-0.05, 0) is 35.4 Å². The van der Waals surface area contributed by atoms with Crippen LogP contribution in [0, 0.1) is 11.3 Å². The predicted molar refractivity (Wildman–Crippen MR) is 78.3 cm³/mol. The smallest absolute Gasteiger partial charge is 0.0595 e. The summed E-state index contributed by atoms with van der Waals surface area (Å²) in [4.78, 5) is 0. The Hall–Kier alpha value is 0.0900. The summed E-state index contributed by atoms with van der Waals surface area (Å²) >= 11 is 18.3. The molecule has 0 amide bonds. The van der Waals surface area contributed by atoms with Crippen molar-refractivity contribution in [2.75, 3.05) is 0 Å². The van der Waals surface area contributed by atoms with Crippen LogP contribution < -0.4 is 0 Å². The second kappa shape index (κ2) is 5.82. The van der Waals surface area contributed by atoms with E-state index in [0.29, 0.717) is 16.0 Å². The maximum absolute atomic E-state index is 6.43. The predicted octanol–water partition coefficient (Wildman–Crippen LogP) is 6.35. The van der Waals surface area contributed by atoms with E-state index in [-0.39, 0.29) is 10.8 Å². The Kier molecular flexibility index (Phi) is 5.19. The first-order valence-electron chi connectivity index (χ1n) is 5.81. The molecule has 0 heterocycles. The molecule has 0 spiro atoms. The Morgan fingerprint density at radius 2 is 1.71 bits per heavy atom. The van der Waals surface area contributed by atoms with E-state index in [0.717, 1.165) is 12.0 Å². The topological polar surface area (TPSA) is 0 Å². The number of alkyl halides is 1. The van der Waals surface area contributed by atoms with Crippen molar-refractivity contribution in [2.45, 2.75) is 39.5 Å². The number of rotatable bonds is 3. The van der Waals surface area contributed by atoms with E-state index in [9.17, 15) is 0 Å². The number of halogens is 3. The Balaban J connectivity index is 2.76. The van der Waals surface area contributed by atoms with Gasteiger partial charge in [-0.25, -0.2) is 0 Å². The van der Waals surface area contributed by atoms with Crippen molar-refractivity contribution < 1.29 is 0 Å². The van der Waals surface area contributed by atoms with Crippen LogP contribution in [0.1, 0.15) is 45.1 Å². The van der Waals surface area contributed by atoms with Crippen molar-refractivity contribution in [3.05, 3.63) is 33.8 Å². The summed E-state index contributed by atoms with van der Waals surface area (Å²) < 4.78 is 0. The maximum Gasteiger partial charge on any atom is 0.0595 e. The molecular formula is C14H19Cl3. The summed E-state index contributed by atoms with van der Waals surface area (Å²) in [5.41, 5.74) is 1.31. The molecule has 1 aromatic carbocycles. The average Bonchev–Trinajstić information content (AvgIpc) is 2.20. The Labute approximate surface area is 119 Å². The number of benzene rings is 1. The molecule has 0 saturated carbocycles. The van der Waals surface area contributed by atoms with Crippen LogP contribution in [0.2, 0.25) is 10.0 Å². The van der Waals surface area contributed by atoms with Crippen molar-refractivity contribution in [3.8, 4) is 0 Å². The van der Waals surface area contributed by atoms with Crippen LogP contribution in [-0.4, -0.2) is 0 Å². The zero-order chi connectivity index (χ0) is 13.2. The normalized spacial score (nSPS) is 15.7. The molecule has 0 bridgehead atoms. The minimum atomic E-state index is -0.0148. The fraction of sp³-hybridized carbons (Fsp3) is 0.571. The molecule has 0 aliphatic heterocycles. The molecule has 2 unspecified atom stereocenters. The molecule has 17 heavy (non-hydrogen) atoms. The molecule has 96 valence electrons. The molecule has 0 fully saturated rings. The highest BCUT2D eigenvalue weighted by Gasteiger charge is 2.23. The van der Waals surface area contributed by atoms with E-state index in [1.165, 1.54) is 0 Å². The molecular weight excluding hydrogens is 275 g/mol. The highest BCUT2D eigenvalue weighted by Crippen LogP contribution is 2.37. The van der Waals surface area contributed by atoms with Crippen molar-refractivity contribution in [1.82, 2.24) is 0 Å². The molecule has 0 aromatic heterocycles. The van der Waals surface area contributed by atoms with E-state index in [1.807, 2.05) is 12.1 Å². The zero-order valence-corrected chi connectivity index (χ0v) is 13.0. The van der Waals surface area contributed by atoms with E-state index in [1.54, 1.807) is 6.07 Å². The van der Waals surface area contributed by atoms with Gasteiger partial charge in [0.15, 0.2) is 0 Å². The molecule has 0 nitrogen and oxygen atoms in total. The SMILES string of the molecule is CC(CC(Cl)c1ccc(Cl)c(Cl)c1)C(C)(C)C. The van der Waals surface area contributed by atoms with Crippen LogP contribution in [0.4, 0.5) is 0 Å². The third-order valence-electron chi connectivity index (χ3n) is 3.34. The van der Waals surface area contributed by atoms with Gasteiger partial charge in [-0.2, -0.15) is 0 Å². The van der Waals surface area contributed by atoms with Crippen LogP contribution in [0.25, 0.3) is 0 Å². The molecule has 0 aliphatic rings. The fourth-order valence-electron chi connectivity index (χ4n) is 1.51. The summed E-state index contributed by atoms with van der Waals surface area (Å²) in [5, 5.41) is 1.13. The van der Waals surface area contributed by atoms with Crippen LogP contribution in [0.15, 0.2) is 18.2 Å². The third-order valence-corrected chi connectivity index (χ3v) is 4.51. The summed E-state index contributed by atoms with van der Waals surface area (Å²) in [7, 11) is 0. The molecule has 1 aromatic rings. The average molecular weight is 294 g/mol. The van der Waals surface area contributed by atoms with Gasteiger partial charge in [0.1, 0.15) is 0 Å². The van der Waals surface area contributed by atoms with E-state index in [4.69, 9.17) is 34.8 Å². The fourth-order valence-corrected chi connectivity index (χ4v) is 2.22. The Bertz CT molecular complexity index is 380. The van der Waals surface area contributed by atoms with Crippen LogP contribution in [0.3, 0.4) is 0 Å². The lowest BCUT2D eigenvalue weighted by Gasteiger charge is -2.29. The first-order chi connectivity index (χ1) is 7.71. The molecule has 0 aliphatic carbocycles. The standard InChI is InChI=1S/C14H19Cl3/c1-9(14(2,3)4)7-12(16)10-5-6-11(15)13(17)8-10/h5-6,8-9,12H,7H2,1-4H3. The van der Waals surface area contributed by atoms with Gasteiger partial charge in [-0.15, -0.1) is 11.6 Å². The van der Waals surface area contributed by atoms with E-state index >= 15 is 0 Å². The Morgan fingerprint density at radius 1 is 1.12 bits per heavy atom. The minimum Gasteiger partial charge on any atom is -0.118 e. The summed E-state index contributed by atoms with van der Waals surface area (Å²) in [6.45, 7) is 8.93. The third kappa shape index (κ3) is 4.35. The van der Waals surface area contributed by atoms with Gasteiger partial charge in [0, 0.05) is 0 Å². The lowest BCUT2D eigenvalue weighted by molar-refractivity contribution is 0.245. The molecule has 0 radical (unpaired) electrons. The zero-order valence-electron chi connectivity index (χ0n) is 10.7. The second-order valence-electron chi connectivity index (χ2n) is 5.64. The quantitative estimate of drug-likeness (QED) is 0.570. The van der Waals surface area contributed by atoms with Gasteiger partial charge in [0.25, 0.3) is 0 Å². The van der Waals surface area contributed by atoms with Gasteiger partial charge in [-0.1, -0.05) is 57.0 Å². The first kappa shape index (κ1) is 15.1. The number of hydrogen-bond acceptors (Lipinski definition) is 0. The van der Waals surface area contributed by atoms with Gasteiger partial charge >= 0.3 is 0 Å². The molecule has 0 saturated heterocycles. The van der Waals surface area contributed by atoms with Crippen LogP contribution >= 0.6 is 34.8 Å². The summed E-state index contributed by atoms with van der Waals surface area (Å²) in [5.74, 6) is 0.541. The lowest BCUT2D eigenvalue weighted by atomic mass is 9.79. The van der Waals surface area contributed by atoms with Crippen LogP contribution in [0.5, 0.6) is 0 Å². The highest BCUT2D eigenvalue weighted by atomic mass is 35.5. The van der Waals surface area contributed by atoms with Gasteiger partial charge in [-0.3, -0.25) is 0 Å². The van der Waals surface area contributed by atoms with Crippen molar-refractivity contribution in [1.29, 1.82) is 0 Å².